The average molecular weight is 508 g/mol. The summed E-state index contributed by atoms with van der Waals surface area (Å²) in [5, 5.41) is 10.4. The van der Waals surface area contributed by atoms with E-state index in [2.05, 4.69) is 0 Å². The molecule has 37 heavy (non-hydrogen) atoms. The fourth-order valence-corrected chi connectivity index (χ4v) is 6.57. The topological polar surface area (TPSA) is 90.4 Å². The number of likely N-dealkylation sites (tertiary alicyclic amines) is 1. The van der Waals surface area contributed by atoms with Crippen molar-refractivity contribution in [2.45, 2.75) is 63.9 Å². The molecule has 198 valence electrons. The zero-order chi connectivity index (χ0) is 26.5. The molecule has 4 heterocycles. The Balaban J connectivity index is 1.64. The van der Waals surface area contributed by atoms with Crippen molar-refractivity contribution in [3.05, 3.63) is 54.6 Å². The summed E-state index contributed by atoms with van der Waals surface area (Å²) in [6.07, 6.45) is 7.63. The number of carbonyl (C=O) groups excluding carboxylic acids is 3. The van der Waals surface area contributed by atoms with E-state index < -0.39 is 35.6 Å². The Bertz CT molecular complexity index is 1120. The van der Waals surface area contributed by atoms with E-state index in [0.717, 1.165) is 12.1 Å². The molecule has 5 rings (SSSR count). The highest BCUT2D eigenvalue weighted by Crippen LogP contribution is 2.54. The van der Waals surface area contributed by atoms with Gasteiger partial charge in [-0.3, -0.25) is 14.4 Å². The van der Waals surface area contributed by atoms with Crippen molar-refractivity contribution in [1.82, 2.24) is 9.80 Å². The van der Waals surface area contributed by atoms with Crippen molar-refractivity contribution >= 4 is 23.4 Å². The number of aliphatic hydroxyl groups excluding tert-OH is 1. The molecule has 1 aromatic carbocycles. The Hall–Kier alpha value is -2.97. The first-order chi connectivity index (χ1) is 17.8. The minimum atomic E-state index is -1.28. The molecule has 3 amide bonds. The highest BCUT2D eigenvalue weighted by Gasteiger charge is 2.72. The molecule has 0 aromatic heterocycles. The number of para-hydroxylation sites is 1. The lowest BCUT2D eigenvalue weighted by molar-refractivity contribution is -0.152. The van der Waals surface area contributed by atoms with Crippen molar-refractivity contribution in [2.24, 2.45) is 17.8 Å². The van der Waals surface area contributed by atoms with Gasteiger partial charge in [-0.15, -0.1) is 0 Å². The minimum Gasteiger partial charge on any atom is -0.394 e. The van der Waals surface area contributed by atoms with Gasteiger partial charge in [0.1, 0.15) is 11.6 Å². The number of hydrogen-bond donors (Lipinski definition) is 1. The van der Waals surface area contributed by atoms with E-state index in [1.54, 1.807) is 14.7 Å². The molecule has 4 aliphatic rings. The van der Waals surface area contributed by atoms with Crippen LogP contribution < -0.4 is 4.90 Å². The first kappa shape index (κ1) is 25.7. The van der Waals surface area contributed by atoms with E-state index in [1.807, 2.05) is 82.3 Å². The van der Waals surface area contributed by atoms with Crippen LogP contribution in [-0.2, 0) is 19.1 Å². The summed E-state index contributed by atoms with van der Waals surface area (Å²) in [5.41, 5.74) is -0.530. The summed E-state index contributed by atoms with van der Waals surface area (Å²) in [7, 11) is 0. The maximum absolute atomic E-state index is 14.4. The molecule has 1 aromatic rings. The molecule has 2 saturated heterocycles. The Morgan fingerprint density at radius 3 is 2.41 bits per heavy atom. The van der Waals surface area contributed by atoms with Crippen LogP contribution in [0.15, 0.2) is 54.6 Å². The number of fused-ring (bicyclic) bond motifs is 2. The average Bonchev–Trinajstić information content (AvgIpc) is 3.20. The fourth-order valence-electron chi connectivity index (χ4n) is 6.57. The van der Waals surface area contributed by atoms with Gasteiger partial charge in [-0.25, -0.2) is 0 Å². The molecule has 0 radical (unpaired) electrons. The number of benzene rings is 1. The summed E-state index contributed by atoms with van der Waals surface area (Å²) >= 11 is 0. The van der Waals surface area contributed by atoms with Crippen LogP contribution in [0, 0.1) is 17.8 Å². The number of hydrogen-bond acceptors (Lipinski definition) is 5. The molecular formula is C29H37N3O5. The van der Waals surface area contributed by atoms with Gasteiger partial charge in [0.25, 0.3) is 0 Å². The van der Waals surface area contributed by atoms with Gasteiger partial charge >= 0.3 is 0 Å². The van der Waals surface area contributed by atoms with Crippen LogP contribution >= 0.6 is 0 Å². The summed E-state index contributed by atoms with van der Waals surface area (Å²) < 4.78 is 6.69. The quantitative estimate of drug-likeness (QED) is 0.597. The molecular weight excluding hydrogens is 470 g/mol. The Labute approximate surface area is 218 Å². The Kier molecular flexibility index (Phi) is 6.75. The molecule has 0 saturated carbocycles. The zero-order valence-electron chi connectivity index (χ0n) is 22.0. The van der Waals surface area contributed by atoms with E-state index >= 15 is 0 Å². The second-order valence-electron chi connectivity index (χ2n) is 10.9. The van der Waals surface area contributed by atoms with Crippen LogP contribution in [0.1, 0.15) is 34.1 Å². The third-order valence-corrected chi connectivity index (χ3v) is 8.66. The van der Waals surface area contributed by atoms with Crippen molar-refractivity contribution in [1.29, 1.82) is 0 Å². The molecule has 1 spiro atoms. The maximum atomic E-state index is 14.4. The smallest absolute Gasteiger partial charge is 0.249 e. The Morgan fingerprint density at radius 1 is 1.03 bits per heavy atom. The van der Waals surface area contributed by atoms with E-state index in [9.17, 15) is 19.5 Å². The van der Waals surface area contributed by atoms with Gasteiger partial charge in [-0.05, 0) is 31.9 Å². The number of rotatable bonds is 6. The second kappa shape index (κ2) is 9.72. The van der Waals surface area contributed by atoms with Gasteiger partial charge in [-0.2, -0.15) is 0 Å². The number of carbonyl (C=O) groups is 3. The van der Waals surface area contributed by atoms with E-state index in [1.165, 1.54) is 0 Å². The van der Waals surface area contributed by atoms with Crippen molar-refractivity contribution in [3.8, 4) is 0 Å². The third kappa shape index (κ3) is 3.84. The summed E-state index contributed by atoms with van der Waals surface area (Å²) in [6.45, 7) is 8.39. The normalized spacial score (nSPS) is 32.8. The lowest BCUT2D eigenvalue weighted by atomic mass is 9.77. The van der Waals surface area contributed by atoms with Gasteiger partial charge in [0.15, 0.2) is 0 Å². The third-order valence-electron chi connectivity index (χ3n) is 8.66. The molecule has 0 bridgehead atoms. The number of aliphatic hydroxyl groups is 1. The van der Waals surface area contributed by atoms with Gasteiger partial charge in [0.05, 0.1) is 30.6 Å². The number of anilines is 1. The molecule has 1 N–H and O–H groups in total. The fraction of sp³-hybridized carbons (Fsp3) is 0.552. The number of nitrogens with zero attached hydrogens (tertiary/aromatic N) is 3. The summed E-state index contributed by atoms with van der Waals surface area (Å²) in [5.74, 6) is -2.37. The Morgan fingerprint density at radius 2 is 1.76 bits per heavy atom. The second-order valence-corrected chi connectivity index (χ2v) is 10.9. The van der Waals surface area contributed by atoms with Crippen LogP contribution in [0.25, 0.3) is 0 Å². The first-order valence-corrected chi connectivity index (χ1v) is 13.4. The zero-order valence-corrected chi connectivity index (χ0v) is 22.0. The van der Waals surface area contributed by atoms with Gasteiger partial charge in [-0.1, -0.05) is 62.8 Å². The monoisotopic (exact) mass is 507 g/mol. The molecule has 2 fully saturated rings. The molecule has 8 nitrogen and oxygen atoms in total. The largest absolute Gasteiger partial charge is 0.394 e. The van der Waals surface area contributed by atoms with Crippen LogP contribution in [0.4, 0.5) is 5.69 Å². The SMILES string of the molecule is CC[C@H](C)[C@H](CO)N1C(=O)[C@@H]2[C@@H]3C(=O)N(c4ccccc4)CC=C[C@@H]3O[C@@]23C=CCN(C(C)C)C(=O)C13. The van der Waals surface area contributed by atoms with Gasteiger partial charge in [0.2, 0.25) is 17.7 Å². The van der Waals surface area contributed by atoms with Crippen LogP contribution in [0.2, 0.25) is 0 Å². The van der Waals surface area contributed by atoms with Crippen molar-refractivity contribution in [2.75, 3.05) is 24.6 Å². The summed E-state index contributed by atoms with van der Waals surface area (Å²) in [4.78, 5) is 47.7. The molecule has 8 heteroatoms. The number of amides is 3. The van der Waals surface area contributed by atoms with Crippen LogP contribution in [0.5, 0.6) is 0 Å². The molecule has 7 atom stereocenters. The standard InChI is InChI=1S/C29H37N3O5/c1-5-19(4)21(17-33)32-25-28(36)30(18(2)3)16-10-14-29(25)24(27(32)35)23-22(37-29)13-9-15-31(26(23)34)20-11-7-6-8-12-20/h6-14,18-19,21-25,33H,5,15-17H2,1-4H3/t19-,21-,22-,23+,24-,25?,29-/m0/s1. The highest BCUT2D eigenvalue weighted by atomic mass is 16.5. The lowest BCUT2D eigenvalue weighted by Gasteiger charge is -2.41. The van der Waals surface area contributed by atoms with E-state index in [-0.39, 0.29) is 36.3 Å². The predicted octanol–water partition coefficient (Wildman–Crippen LogP) is 2.38. The predicted molar refractivity (Wildman–Crippen MR) is 139 cm³/mol. The first-order valence-electron chi connectivity index (χ1n) is 13.4. The highest BCUT2D eigenvalue weighted by molar-refractivity contribution is 6.04. The van der Waals surface area contributed by atoms with Crippen molar-refractivity contribution in [3.63, 3.8) is 0 Å². The van der Waals surface area contributed by atoms with E-state index in [4.69, 9.17) is 4.74 Å². The maximum Gasteiger partial charge on any atom is 0.249 e. The van der Waals surface area contributed by atoms with Crippen molar-refractivity contribution < 1.29 is 24.2 Å². The molecule has 0 aliphatic carbocycles. The van der Waals surface area contributed by atoms with Gasteiger partial charge in [0, 0.05) is 24.8 Å². The minimum absolute atomic E-state index is 0.0429. The lowest BCUT2D eigenvalue weighted by Crippen LogP contribution is -2.60. The summed E-state index contributed by atoms with van der Waals surface area (Å²) in [6, 6.07) is 7.83. The molecule has 1 unspecified atom stereocenters. The van der Waals surface area contributed by atoms with Crippen LogP contribution in [0.3, 0.4) is 0 Å². The van der Waals surface area contributed by atoms with E-state index in [0.29, 0.717) is 13.1 Å². The molecule has 4 aliphatic heterocycles. The van der Waals surface area contributed by atoms with Gasteiger partial charge < -0.3 is 24.5 Å². The van der Waals surface area contributed by atoms with Crippen LogP contribution in [-0.4, -0.2) is 82.2 Å². The number of ether oxygens (including phenoxy) is 1.